The molecule has 0 aromatic rings. The van der Waals surface area contributed by atoms with E-state index in [1.165, 1.54) is 0 Å². The summed E-state index contributed by atoms with van der Waals surface area (Å²) in [5, 5.41) is 0. The van der Waals surface area contributed by atoms with E-state index in [2.05, 4.69) is 26.1 Å². The Hall–Kier alpha value is 0.155. The number of thiocarbonyl (C=S) groups is 1. The van der Waals surface area contributed by atoms with Crippen LogP contribution >= 0.6 is 12.2 Å². The van der Waals surface area contributed by atoms with Gasteiger partial charge in [0, 0.05) is 0 Å². The van der Waals surface area contributed by atoms with Gasteiger partial charge in [0.2, 0.25) is 0 Å². The van der Waals surface area contributed by atoms with Crippen molar-refractivity contribution in [3.63, 3.8) is 0 Å². The summed E-state index contributed by atoms with van der Waals surface area (Å²) in [6.45, 7) is 4.19. The molecular weight excluding hydrogens is 103 g/mol. The van der Waals surface area contributed by atoms with E-state index < -0.39 is 0 Å². The minimum absolute atomic E-state index is 0.609. The summed E-state index contributed by atoms with van der Waals surface area (Å²) < 4.78 is 0.620. The van der Waals surface area contributed by atoms with Crippen LogP contribution in [0.25, 0.3) is 0 Å². The van der Waals surface area contributed by atoms with Crippen molar-refractivity contribution in [3.05, 3.63) is 0 Å². The predicted molar refractivity (Wildman–Crippen MR) is 37.8 cm³/mol. The van der Waals surface area contributed by atoms with Gasteiger partial charge in [0.25, 0.3) is 0 Å². The zero-order valence-electron chi connectivity index (χ0n) is 4.77. The fourth-order valence-corrected chi connectivity index (χ4v) is 0.736. The average Bonchev–Trinajstić information content (AvgIpc) is 1.27. The van der Waals surface area contributed by atoms with Gasteiger partial charge in [-0.1, -0.05) is 18.6 Å². The van der Waals surface area contributed by atoms with E-state index in [0.29, 0.717) is 10.7 Å². The summed E-state index contributed by atoms with van der Waals surface area (Å²) in [7, 11) is 5.22. The molecule has 0 aliphatic heterocycles. The summed E-state index contributed by atoms with van der Waals surface area (Å²) in [6, 6.07) is 0. The first-order valence-corrected chi connectivity index (χ1v) is 2.82. The molecule has 0 aromatic carbocycles. The van der Waals surface area contributed by atoms with Crippen molar-refractivity contribution in [1.29, 1.82) is 0 Å². The van der Waals surface area contributed by atoms with E-state index in [9.17, 15) is 0 Å². The molecule has 0 nitrogen and oxygen atoms in total. The van der Waals surface area contributed by atoms with Gasteiger partial charge in [0.05, 0.1) is 0 Å². The Kier molecular flexibility index (Phi) is 3.27. The summed E-state index contributed by atoms with van der Waals surface area (Å²) in [5.41, 5.74) is 0. The monoisotopic (exact) mass is 112 g/mol. The molecule has 2 heteroatoms. The third-order valence-corrected chi connectivity index (χ3v) is 0.776. The van der Waals surface area contributed by atoms with Crippen LogP contribution in [0.5, 0.6) is 0 Å². The zero-order chi connectivity index (χ0) is 5.86. The Labute approximate surface area is 51.7 Å². The molecule has 0 rings (SSSR count). The normalized spacial score (nSPS) is 9.57. The van der Waals surface area contributed by atoms with Gasteiger partial charge < -0.3 is 0 Å². The molecule has 0 amide bonds. The number of hydrogen-bond donors (Lipinski definition) is 0. The Bertz CT molecular complexity index is 68.5. The first-order chi connectivity index (χ1) is 3.13. The Balaban J connectivity index is 3.13. The van der Waals surface area contributed by atoms with Crippen LogP contribution in [0, 0.1) is 5.92 Å². The standard InChI is InChI=1S/C5H9BS/c1-4(2)3-5(6)7/h4H,3H2,1-2H3. The van der Waals surface area contributed by atoms with E-state index in [4.69, 9.17) is 7.85 Å². The van der Waals surface area contributed by atoms with Gasteiger partial charge in [-0.05, 0) is 12.3 Å². The molecule has 0 aliphatic carbocycles. The van der Waals surface area contributed by atoms with Crippen LogP contribution in [0.4, 0.5) is 0 Å². The predicted octanol–water partition coefficient (Wildman–Crippen LogP) is 1.53. The van der Waals surface area contributed by atoms with Crippen LogP contribution in [-0.2, 0) is 0 Å². The fraction of sp³-hybridized carbons (Fsp3) is 0.800. The highest BCUT2D eigenvalue weighted by Gasteiger charge is 1.91. The molecule has 0 heterocycles. The summed E-state index contributed by atoms with van der Waals surface area (Å²) in [4.78, 5) is 0. The van der Waals surface area contributed by atoms with Gasteiger partial charge in [-0.25, -0.2) is 0 Å². The molecule has 0 saturated heterocycles. The van der Waals surface area contributed by atoms with Gasteiger partial charge in [-0.3, -0.25) is 0 Å². The Morgan fingerprint density at radius 3 is 2.14 bits per heavy atom. The first kappa shape index (κ1) is 7.15. The smallest absolute Gasteiger partial charge is 0.102 e. The molecule has 0 N–H and O–H groups in total. The molecule has 2 radical (unpaired) electrons. The molecule has 0 fully saturated rings. The van der Waals surface area contributed by atoms with Crippen LogP contribution in [0.3, 0.4) is 0 Å². The lowest BCUT2D eigenvalue weighted by Crippen LogP contribution is -1.97. The Morgan fingerprint density at radius 1 is 1.71 bits per heavy atom. The quantitative estimate of drug-likeness (QED) is 0.385. The van der Waals surface area contributed by atoms with Gasteiger partial charge in [-0.2, -0.15) is 0 Å². The molecule has 0 unspecified atom stereocenters. The SMILES string of the molecule is [B]C(=S)CC(C)C. The molecule has 38 valence electrons. The van der Waals surface area contributed by atoms with E-state index in [0.717, 1.165) is 6.42 Å². The first-order valence-electron chi connectivity index (χ1n) is 2.41. The molecule has 0 bridgehead atoms. The molecule has 0 spiro atoms. The van der Waals surface area contributed by atoms with Gasteiger partial charge in [-0.15, -0.1) is 12.2 Å². The minimum atomic E-state index is 0.609. The minimum Gasteiger partial charge on any atom is -0.102 e. The van der Waals surface area contributed by atoms with Crippen molar-refractivity contribution in [3.8, 4) is 0 Å². The summed E-state index contributed by atoms with van der Waals surface area (Å²) >= 11 is 4.65. The number of hydrogen-bond acceptors (Lipinski definition) is 1. The van der Waals surface area contributed by atoms with E-state index in [-0.39, 0.29) is 0 Å². The van der Waals surface area contributed by atoms with Gasteiger partial charge in [0.15, 0.2) is 0 Å². The van der Waals surface area contributed by atoms with Crippen molar-refractivity contribution >= 4 is 24.8 Å². The van der Waals surface area contributed by atoms with Crippen LogP contribution < -0.4 is 0 Å². The summed E-state index contributed by atoms with van der Waals surface area (Å²) in [6.07, 6.45) is 0.870. The molecule has 0 atom stereocenters. The fourth-order valence-electron chi connectivity index (χ4n) is 0.402. The molecular formula is C5H9BS. The van der Waals surface area contributed by atoms with Crippen LogP contribution in [0.1, 0.15) is 20.3 Å². The van der Waals surface area contributed by atoms with E-state index in [1.54, 1.807) is 0 Å². The highest BCUT2D eigenvalue weighted by atomic mass is 32.1. The highest BCUT2D eigenvalue weighted by Crippen LogP contribution is 1.98. The van der Waals surface area contributed by atoms with Crippen molar-refractivity contribution in [2.24, 2.45) is 5.92 Å². The van der Waals surface area contributed by atoms with Crippen LogP contribution in [-0.4, -0.2) is 12.6 Å². The molecule has 0 aliphatic rings. The molecule has 7 heavy (non-hydrogen) atoms. The van der Waals surface area contributed by atoms with Crippen molar-refractivity contribution in [2.45, 2.75) is 20.3 Å². The lowest BCUT2D eigenvalue weighted by Gasteiger charge is -1.98. The third kappa shape index (κ3) is 6.15. The van der Waals surface area contributed by atoms with Gasteiger partial charge in [0.1, 0.15) is 7.85 Å². The molecule has 0 saturated carbocycles. The van der Waals surface area contributed by atoms with E-state index >= 15 is 0 Å². The maximum atomic E-state index is 5.22. The zero-order valence-corrected chi connectivity index (χ0v) is 5.59. The topological polar surface area (TPSA) is 0 Å². The van der Waals surface area contributed by atoms with Crippen LogP contribution in [0.2, 0.25) is 0 Å². The second kappa shape index (κ2) is 3.19. The second-order valence-corrected chi connectivity index (χ2v) is 2.59. The molecule has 0 aromatic heterocycles. The maximum absolute atomic E-state index is 5.22. The largest absolute Gasteiger partial charge is 0.123 e. The lowest BCUT2D eigenvalue weighted by atomic mass is 9.95. The summed E-state index contributed by atoms with van der Waals surface area (Å²) in [5.74, 6) is 0.609. The van der Waals surface area contributed by atoms with Crippen molar-refractivity contribution in [2.75, 3.05) is 0 Å². The van der Waals surface area contributed by atoms with Crippen molar-refractivity contribution in [1.82, 2.24) is 0 Å². The average molecular weight is 112 g/mol. The maximum Gasteiger partial charge on any atom is 0.123 e. The number of rotatable bonds is 2. The highest BCUT2D eigenvalue weighted by molar-refractivity contribution is 7.83. The van der Waals surface area contributed by atoms with E-state index in [1.807, 2.05) is 0 Å². The third-order valence-electron chi connectivity index (χ3n) is 0.609. The van der Waals surface area contributed by atoms with Gasteiger partial charge >= 0.3 is 0 Å². The lowest BCUT2D eigenvalue weighted by molar-refractivity contribution is 0.692. The Morgan fingerprint density at radius 2 is 2.14 bits per heavy atom. The van der Waals surface area contributed by atoms with Crippen molar-refractivity contribution < 1.29 is 0 Å². The second-order valence-electron chi connectivity index (χ2n) is 2.06. The van der Waals surface area contributed by atoms with Crippen LogP contribution in [0.15, 0.2) is 0 Å².